The number of amides is 3. The van der Waals surface area contributed by atoms with Crippen LogP contribution in [0.15, 0.2) is 72.8 Å². The highest BCUT2D eigenvalue weighted by molar-refractivity contribution is 6.35. The first-order valence-corrected chi connectivity index (χ1v) is 8.52. The molecule has 0 unspecified atom stereocenters. The number of nitrogens with zero attached hydrogens (tertiary/aromatic N) is 1. The van der Waals surface area contributed by atoms with Gasteiger partial charge in [-0.25, -0.2) is 4.90 Å². The highest BCUT2D eigenvalue weighted by atomic mass is 16.2. The SMILES string of the molecule is Cc1cccc(NC(=O)c2ccccc2)c1N1C(=O)c2ccccc2C1=O. The summed E-state index contributed by atoms with van der Waals surface area (Å²) in [5, 5.41) is 2.83. The summed E-state index contributed by atoms with van der Waals surface area (Å²) in [6.07, 6.45) is 0. The van der Waals surface area contributed by atoms with Gasteiger partial charge in [-0.3, -0.25) is 14.4 Å². The maximum Gasteiger partial charge on any atom is 0.266 e. The maximum atomic E-state index is 12.9. The third-order valence-electron chi connectivity index (χ3n) is 4.54. The molecule has 27 heavy (non-hydrogen) atoms. The lowest BCUT2D eigenvalue weighted by atomic mass is 10.1. The van der Waals surface area contributed by atoms with Crippen molar-refractivity contribution in [3.8, 4) is 0 Å². The molecule has 0 bridgehead atoms. The van der Waals surface area contributed by atoms with Crippen LogP contribution < -0.4 is 10.2 Å². The van der Waals surface area contributed by atoms with Crippen LogP contribution in [0.3, 0.4) is 0 Å². The average molecular weight is 356 g/mol. The number of hydrogen-bond donors (Lipinski definition) is 1. The quantitative estimate of drug-likeness (QED) is 0.720. The second kappa shape index (κ2) is 6.53. The van der Waals surface area contributed by atoms with Crippen LogP contribution in [0.1, 0.15) is 36.6 Å². The number of carbonyl (C=O) groups excluding carboxylic acids is 3. The second-order valence-corrected chi connectivity index (χ2v) is 6.28. The minimum absolute atomic E-state index is 0.306. The van der Waals surface area contributed by atoms with Gasteiger partial charge in [0, 0.05) is 5.56 Å². The molecule has 1 N–H and O–H groups in total. The molecule has 0 saturated heterocycles. The molecule has 0 fully saturated rings. The van der Waals surface area contributed by atoms with Crippen LogP contribution in [0, 0.1) is 6.92 Å². The molecular formula is C22H16N2O3. The van der Waals surface area contributed by atoms with Crippen LogP contribution in [0.25, 0.3) is 0 Å². The van der Waals surface area contributed by atoms with Gasteiger partial charge >= 0.3 is 0 Å². The fraction of sp³-hybridized carbons (Fsp3) is 0.0455. The van der Waals surface area contributed by atoms with Gasteiger partial charge in [0.1, 0.15) is 0 Å². The number of rotatable bonds is 3. The van der Waals surface area contributed by atoms with Crippen molar-refractivity contribution >= 4 is 29.1 Å². The fourth-order valence-corrected chi connectivity index (χ4v) is 3.23. The van der Waals surface area contributed by atoms with Crippen LogP contribution in [0.5, 0.6) is 0 Å². The number of para-hydroxylation sites is 1. The molecule has 5 heteroatoms. The minimum Gasteiger partial charge on any atom is -0.320 e. The van der Waals surface area contributed by atoms with Gasteiger partial charge in [-0.1, -0.05) is 42.5 Å². The Labute approximate surface area is 156 Å². The van der Waals surface area contributed by atoms with Crippen molar-refractivity contribution in [2.45, 2.75) is 6.92 Å². The van der Waals surface area contributed by atoms with Gasteiger partial charge in [0.25, 0.3) is 17.7 Å². The van der Waals surface area contributed by atoms with E-state index in [2.05, 4.69) is 5.32 Å². The normalized spacial score (nSPS) is 12.9. The first-order chi connectivity index (χ1) is 13.1. The van der Waals surface area contributed by atoms with Crippen molar-refractivity contribution in [3.05, 3.63) is 95.1 Å². The summed E-state index contributed by atoms with van der Waals surface area (Å²) >= 11 is 0. The largest absolute Gasteiger partial charge is 0.320 e. The summed E-state index contributed by atoms with van der Waals surface area (Å²) in [6, 6.07) is 20.8. The summed E-state index contributed by atoms with van der Waals surface area (Å²) in [5.41, 5.74) is 2.76. The Morgan fingerprint density at radius 3 is 2.00 bits per heavy atom. The first-order valence-electron chi connectivity index (χ1n) is 8.52. The topological polar surface area (TPSA) is 66.5 Å². The summed E-state index contributed by atoms with van der Waals surface area (Å²) in [4.78, 5) is 39.4. The van der Waals surface area contributed by atoms with E-state index in [1.807, 2.05) is 6.07 Å². The van der Waals surface area contributed by atoms with Crippen molar-refractivity contribution in [1.82, 2.24) is 0 Å². The Balaban J connectivity index is 1.76. The molecular weight excluding hydrogens is 340 g/mol. The van der Waals surface area contributed by atoms with Crippen molar-refractivity contribution in [2.75, 3.05) is 10.2 Å². The molecule has 1 aliphatic heterocycles. The number of imide groups is 1. The van der Waals surface area contributed by atoms with Gasteiger partial charge in [0.2, 0.25) is 0 Å². The monoisotopic (exact) mass is 356 g/mol. The van der Waals surface area contributed by atoms with Crippen LogP contribution in [-0.4, -0.2) is 17.7 Å². The molecule has 0 spiro atoms. The molecule has 0 radical (unpaired) electrons. The molecule has 132 valence electrons. The zero-order valence-corrected chi connectivity index (χ0v) is 14.6. The zero-order chi connectivity index (χ0) is 19.0. The van der Waals surface area contributed by atoms with E-state index in [1.54, 1.807) is 73.7 Å². The van der Waals surface area contributed by atoms with Crippen LogP contribution in [0.4, 0.5) is 11.4 Å². The molecule has 0 aromatic heterocycles. The number of anilines is 2. The molecule has 3 aromatic rings. The zero-order valence-electron chi connectivity index (χ0n) is 14.6. The lowest BCUT2D eigenvalue weighted by Gasteiger charge is -2.21. The van der Waals surface area contributed by atoms with E-state index in [0.29, 0.717) is 28.1 Å². The molecule has 5 nitrogen and oxygen atoms in total. The maximum absolute atomic E-state index is 12.9. The average Bonchev–Trinajstić information content (AvgIpc) is 2.94. The van der Waals surface area contributed by atoms with E-state index < -0.39 is 0 Å². The van der Waals surface area contributed by atoms with E-state index in [4.69, 9.17) is 0 Å². The van der Waals surface area contributed by atoms with Gasteiger partial charge in [-0.05, 0) is 42.8 Å². The Morgan fingerprint density at radius 1 is 0.778 bits per heavy atom. The first kappa shape index (κ1) is 16.7. The van der Waals surface area contributed by atoms with Crippen LogP contribution in [-0.2, 0) is 0 Å². The van der Waals surface area contributed by atoms with E-state index in [1.165, 1.54) is 0 Å². The van der Waals surface area contributed by atoms with E-state index in [0.717, 1.165) is 10.5 Å². The summed E-state index contributed by atoms with van der Waals surface area (Å²) < 4.78 is 0. The Bertz CT molecular complexity index is 1040. The number of nitrogens with one attached hydrogen (secondary N) is 1. The third kappa shape index (κ3) is 2.79. The molecule has 0 saturated carbocycles. The molecule has 0 aliphatic carbocycles. The van der Waals surface area contributed by atoms with Gasteiger partial charge in [0.05, 0.1) is 22.5 Å². The molecule has 0 atom stereocenters. The summed E-state index contributed by atoms with van der Waals surface area (Å²) in [5.74, 6) is -1.08. The van der Waals surface area contributed by atoms with Crippen molar-refractivity contribution < 1.29 is 14.4 Å². The predicted molar refractivity (Wildman–Crippen MR) is 103 cm³/mol. The highest BCUT2D eigenvalue weighted by Crippen LogP contribution is 2.36. The highest BCUT2D eigenvalue weighted by Gasteiger charge is 2.38. The van der Waals surface area contributed by atoms with Gasteiger partial charge < -0.3 is 5.32 Å². The Morgan fingerprint density at radius 2 is 1.37 bits per heavy atom. The predicted octanol–water partition coefficient (Wildman–Crippen LogP) is 4.05. The van der Waals surface area contributed by atoms with Gasteiger partial charge in [0.15, 0.2) is 0 Å². The Hall–Kier alpha value is -3.73. The number of benzene rings is 3. The molecule has 4 rings (SSSR count). The number of hydrogen-bond acceptors (Lipinski definition) is 3. The Kier molecular flexibility index (Phi) is 4.05. The number of fused-ring (bicyclic) bond motifs is 1. The minimum atomic E-state index is -0.389. The fourth-order valence-electron chi connectivity index (χ4n) is 3.23. The molecule has 3 aromatic carbocycles. The van der Waals surface area contributed by atoms with Crippen LogP contribution in [0.2, 0.25) is 0 Å². The third-order valence-corrected chi connectivity index (χ3v) is 4.54. The van der Waals surface area contributed by atoms with E-state index in [-0.39, 0.29) is 17.7 Å². The molecule has 1 aliphatic rings. The van der Waals surface area contributed by atoms with Crippen molar-refractivity contribution in [2.24, 2.45) is 0 Å². The lowest BCUT2D eigenvalue weighted by Crippen LogP contribution is -2.31. The second-order valence-electron chi connectivity index (χ2n) is 6.28. The van der Waals surface area contributed by atoms with Crippen molar-refractivity contribution in [3.63, 3.8) is 0 Å². The lowest BCUT2D eigenvalue weighted by molar-refractivity contribution is 0.0923. The summed E-state index contributed by atoms with van der Waals surface area (Å²) in [7, 11) is 0. The van der Waals surface area contributed by atoms with E-state index in [9.17, 15) is 14.4 Å². The van der Waals surface area contributed by atoms with Crippen LogP contribution >= 0.6 is 0 Å². The number of aryl methyl sites for hydroxylation is 1. The standard InChI is InChI=1S/C22H16N2O3/c1-14-8-7-13-18(23-20(25)15-9-3-2-4-10-15)19(14)24-21(26)16-11-5-6-12-17(16)22(24)27/h2-13H,1H3,(H,23,25). The van der Waals surface area contributed by atoms with Crippen molar-refractivity contribution in [1.29, 1.82) is 0 Å². The summed E-state index contributed by atoms with van der Waals surface area (Å²) in [6.45, 7) is 1.80. The van der Waals surface area contributed by atoms with Gasteiger partial charge in [-0.15, -0.1) is 0 Å². The van der Waals surface area contributed by atoms with E-state index >= 15 is 0 Å². The molecule has 3 amide bonds. The number of carbonyl (C=O) groups is 3. The smallest absolute Gasteiger partial charge is 0.266 e. The van der Waals surface area contributed by atoms with Gasteiger partial charge in [-0.2, -0.15) is 0 Å². The molecule has 1 heterocycles.